The number of carbonyl (C=O) groups is 3. The van der Waals surface area contributed by atoms with E-state index in [1.54, 1.807) is 0 Å². The van der Waals surface area contributed by atoms with Crippen molar-refractivity contribution in [2.24, 2.45) is 5.92 Å². The molecule has 3 rings (SSSR count). The van der Waals surface area contributed by atoms with Crippen LogP contribution in [-0.4, -0.2) is 52.8 Å². The molecular formula is C17H27N3O3. The van der Waals surface area contributed by atoms with Crippen molar-refractivity contribution < 1.29 is 14.4 Å². The van der Waals surface area contributed by atoms with E-state index >= 15 is 0 Å². The number of hydrogen-bond acceptors (Lipinski definition) is 3. The van der Waals surface area contributed by atoms with Crippen molar-refractivity contribution in [1.29, 1.82) is 0 Å². The van der Waals surface area contributed by atoms with Gasteiger partial charge in [-0.3, -0.25) is 14.5 Å². The second-order valence-corrected chi connectivity index (χ2v) is 7.34. The Hall–Kier alpha value is -1.59. The molecule has 0 aromatic carbocycles. The molecule has 1 aliphatic carbocycles. The van der Waals surface area contributed by atoms with Gasteiger partial charge in [-0.15, -0.1) is 0 Å². The molecule has 1 N–H and O–H groups in total. The van der Waals surface area contributed by atoms with Crippen molar-refractivity contribution in [3.8, 4) is 0 Å². The molecule has 0 bridgehead atoms. The van der Waals surface area contributed by atoms with Gasteiger partial charge in [-0.25, -0.2) is 4.79 Å². The van der Waals surface area contributed by atoms with Gasteiger partial charge in [-0.05, 0) is 31.6 Å². The highest BCUT2D eigenvalue weighted by molar-refractivity contribution is 6.07. The molecule has 0 atom stereocenters. The van der Waals surface area contributed by atoms with E-state index in [9.17, 15) is 14.4 Å². The second-order valence-electron chi connectivity index (χ2n) is 7.34. The van der Waals surface area contributed by atoms with Gasteiger partial charge < -0.3 is 10.2 Å². The van der Waals surface area contributed by atoms with Crippen molar-refractivity contribution in [3.05, 3.63) is 0 Å². The Bertz CT molecular complexity index is 491. The van der Waals surface area contributed by atoms with Crippen LogP contribution in [-0.2, 0) is 9.59 Å². The van der Waals surface area contributed by atoms with Crippen LogP contribution in [0.3, 0.4) is 0 Å². The SMILES string of the molecule is CC1CCN(C(=O)CCN2C(=O)NC3(CCCCC3)C2=O)CC1. The molecule has 0 unspecified atom stereocenters. The van der Waals surface area contributed by atoms with E-state index in [2.05, 4.69) is 12.2 Å². The fraction of sp³-hybridized carbons (Fsp3) is 0.824. The van der Waals surface area contributed by atoms with Crippen molar-refractivity contribution in [3.63, 3.8) is 0 Å². The summed E-state index contributed by atoms with van der Waals surface area (Å²) >= 11 is 0. The maximum atomic E-state index is 12.6. The summed E-state index contributed by atoms with van der Waals surface area (Å²) in [7, 11) is 0. The first-order chi connectivity index (χ1) is 11.0. The van der Waals surface area contributed by atoms with Gasteiger partial charge in [0, 0.05) is 26.1 Å². The van der Waals surface area contributed by atoms with Crippen LogP contribution >= 0.6 is 0 Å². The number of amides is 4. The number of rotatable bonds is 3. The van der Waals surface area contributed by atoms with Gasteiger partial charge in [0.2, 0.25) is 5.91 Å². The number of urea groups is 1. The van der Waals surface area contributed by atoms with Gasteiger partial charge in [0.05, 0.1) is 0 Å². The first kappa shape index (κ1) is 16.3. The zero-order valence-corrected chi connectivity index (χ0v) is 14.0. The Labute approximate surface area is 137 Å². The lowest BCUT2D eigenvalue weighted by Gasteiger charge is -2.31. The fourth-order valence-corrected chi connectivity index (χ4v) is 4.00. The Morgan fingerprint density at radius 2 is 1.83 bits per heavy atom. The zero-order chi connectivity index (χ0) is 16.4. The molecular weight excluding hydrogens is 294 g/mol. The summed E-state index contributed by atoms with van der Waals surface area (Å²) in [5.74, 6) is 0.612. The molecule has 1 spiro atoms. The van der Waals surface area contributed by atoms with Crippen LogP contribution < -0.4 is 5.32 Å². The fourth-order valence-electron chi connectivity index (χ4n) is 4.00. The summed E-state index contributed by atoms with van der Waals surface area (Å²) in [6.07, 6.45) is 6.85. The second kappa shape index (κ2) is 6.49. The van der Waals surface area contributed by atoms with Crippen LogP contribution in [0.4, 0.5) is 4.79 Å². The van der Waals surface area contributed by atoms with Gasteiger partial charge in [0.1, 0.15) is 5.54 Å². The lowest BCUT2D eigenvalue weighted by atomic mass is 9.82. The van der Waals surface area contributed by atoms with Crippen molar-refractivity contribution >= 4 is 17.8 Å². The molecule has 0 aromatic rings. The number of nitrogens with zero attached hydrogens (tertiary/aromatic N) is 2. The summed E-state index contributed by atoms with van der Waals surface area (Å²) < 4.78 is 0. The molecule has 3 aliphatic rings. The highest BCUT2D eigenvalue weighted by Gasteiger charge is 2.51. The predicted octanol–water partition coefficient (Wildman–Crippen LogP) is 1.89. The zero-order valence-electron chi connectivity index (χ0n) is 14.0. The average Bonchev–Trinajstić information content (AvgIpc) is 2.77. The maximum Gasteiger partial charge on any atom is 0.325 e. The van der Waals surface area contributed by atoms with E-state index in [-0.39, 0.29) is 30.8 Å². The van der Waals surface area contributed by atoms with Crippen LogP contribution in [0, 0.1) is 5.92 Å². The van der Waals surface area contributed by atoms with Gasteiger partial charge in [0.25, 0.3) is 5.91 Å². The highest BCUT2D eigenvalue weighted by atomic mass is 16.2. The minimum atomic E-state index is -0.682. The molecule has 4 amide bonds. The van der Waals surface area contributed by atoms with Gasteiger partial charge in [-0.2, -0.15) is 0 Å². The summed E-state index contributed by atoms with van der Waals surface area (Å²) in [5, 5.41) is 2.89. The molecule has 128 valence electrons. The molecule has 2 heterocycles. The van der Waals surface area contributed by atoms with Crippen molar-refractivity contribution in [1.82, 2.24) is 15.1 Å². The van der Waals surface area contributed by atoms with E-state index in [1.165, 1.54) is 4.90 Å². The van der Waals surface area contributed by atoms with Crippen LogP contribution in [0.5, 0.6) is 0 Å². The van der Waals surface area contributed by atoms with Crippen LogP contribution in [0.15, 0.2) is 0 Å². The lowest BCUT2D eigenvalue weighted by Crippen LogP contribution is -2.48. The maximum absolute atomic E-state index is 12.6. The third kappa shape index (κ3) is 3.21. The number of carbonyl (C=O) groups excluding carboxylic acids is 3. The Kier molecular flexibility index (Phi) is 4.60. The third-order valence-corrected chi connectivity index (χ3v) is 5.64. The summed E-state index contributed by atoms with van der Waals surface area (Å²) in [4.78, 5) is 40.2. The number of hydrogen-bond donors (Lipinski definition) is 1. The van der Waals surface area contributed by atoms with Crippen LogP contribution in [0.2, 0.25) is 0 Å². The van der Waals surface area contributed by atoms with Crippen molar-refractivity contribution in [2.75, 3.05) is 19.6 Å². The smallest absolute Gasteiger partial charge is 0.325 e. The lowest BCUT2D eigenvalue weighted by molar-refractivity contribution is -0.135. The molecule has 6 nitrogen and oxygen atoms in total. The van der Waals surface area contributed by atoms with E-state index in [4.69, 9.17) is 0 Å². The molecule has 6 heteroatoms. The molecule has 23 heavy (non-hydrogen) atoms. The van der Waals surface area contributed by atoms with Crippen LogP contribution in [0.1, 0.15) is 58.3 Å². The monoisotopic (exact) mass is 321 g/mol. The predicted molar refractivity (Wildman–Crippen MR) is 85.7 cm³/mol. The van der Waals surface area contributed by atoms with Gasteiger partial charge >= 0.3 is 6.03 Å². The van der Waals surface area contributed by atoms with E-state index in [0.717, 1.165) is 58.0 Å². The first-order valence-corrected chi connectivity index (χ1v) is 8.94. The van der Waals surface area contributed by atoms with Crippen LogP contribution in [0.25, 0.3) is 0 Å². The van der Waals surface area contributed by atoms with Crippen molar-refractivity contribution in [2.45, 2.75) is 63.8 Å². The molecule has 3 fully saturated rings. The summed E-state index contributed by atoms with van der Waals surface area (Å²) in [6.45, 7) is 4.00. The molecule has 2 aliphatic heterocycles. The molecule has 0 aromatic heterocycles. The minimum Gasteiger partial charge on any atom is -0.343 e. The largest absolute Gasteiger partial charge is 0.343 e. The van der Waals surface area contributed by atoms with Gasteiger partial charge in [-0.1, -0.05) is 26.2 Å². The summed E-state index contributed by atoms with van der Waals surface area (Å²) in [6, 6.07) is -0.322. The summed E-state index contributed by atoms with van der Waals surface area (Å²) in [5.41, 5.74) is -0.682. The minimum absolute atomic E-state index is 0.0575. The Balaban J connectivity index is 1.54. The van der Waals surface area contributed by atoms with Gasteiger partial charge in [0.15, 0.2) is 0 Å². The normalized spacial score (nSPS) is 25.1. The standard InChI is InChI=1S/C17H27N3O3/c1-13-5-10-19(11-6-13)14(21)7-12-20-15(22)17(18-16(20)23)8-3-2-4-9-17/h13H,2-12H2,1H3,(H,18,23). The number of imide groups is 1. The molecule has 2 saturated heterocycles. The quantitative estimate of drug-likeness (QED) is 0.807. The number of likely N-dealkylation sites (tertiary alicyclic amines) is 1. The Morgan fingerprint density at radius 1 is 1.17 bits per heavy atom. The number of nitrogens with one attached hydrogen (secondary N) is 1. The third-order valence-electron chi connectivity index (χ3n) is 5.64. The average molecular weight is 321 g/mol. The van der Waals surface area contributed by atoms with E-state index in [0.29, 0.717) is 5.92 Å². The Morgan fingerprint density at radius 3 is 2.48 bits per heavy atom. The van der Waals surface area contributed by atoms with E-state index in [1.807, 2.05) is 4.90 Å². The first-order valence-electron chi connectivity index (χ1n) is 8.94. The van der Waals surface area contributed by atoms with E-state index < -0.39 is 5.54 Å². The highest BCUT2D eigenvalue weighted by Crippen LogP contribution is 2.33. The molecule has 0 radical (unpaired) electrons. The number of piperidine rings is 1. The molecule has 1 saturated carbocycles. The topological polar surface area (TPSA) is 69.7 Å².